The molecule has 0 saturated carbocycles. The number of anilines is 1. The van der Waals surface area contributed by atoms with Gasteiger partial charge in [-0.05, 0) is 24.3 Å². The Morgan fingerprint density at radius 3 is 2.21 bits per heavy atom. The van der Waals surface area contributed by atoms with Crippen LogP contribution in [0.4, 0.5) is 18.9 Å². The number of hydrogen-bond acceptors (Lipinski definition) is 5. The average molecular weight is 493 g/mol. The summed E-state index contributed by atoms with van der Waals surface area (Å²) in [5.74, 6) is -4.26. The highest BCUT2D eigenvalue weighted by Gasteiger charge is 2.49. The summed E-state index contributed by atoms with van der Waals surface area (Å²) >= 11 is 17.5. The number of hydrogen-bond donors (Lipinski definition) is 2. The molecule has 0 atom stereocenters. The summed E-state index contributed by atoms with van der Waals surface area (Å²) < 4.78 is 63.9. The normalized spacial score (nSPS) is 11.8. The van der Waals surface area contributed by atoms with Gasteiger partial charge >= 0.3 is 21.6 Å². The van der Waals surface area contributed by atoms with Crippen LogP contribution in [0.1, 0.15) is 20.7 Å². The first-order valence-electron chi connectivity index (χ1n) is 7.08. The fourth-order valence-electron chi connectivity index (χ4n) is 1.99. The van der Waals surface area contributed by atoms with Crippen molar-refractivity contribution in [2.24, 2.45) is 0 Å². The van der Waals surface area contributed by atoms with E-state index < -0.39 is 44.4 Å². The van der Waals surface area contributed by atoms with Gasteiger partial charge in [0.2, 0.25) is 0 Å². The SMILES string of the molecule is O=C(Nc1ccc(Cl)c(Cl)c1Cl)c1cccc(OS(=O)(=O)C(F)(F)F)c1C(=O)O. The molecule has 2 N–H and O–H groups in total. The maximum absolute atomic E-state index is 12.5. The first-order chi connectivity index (χ1) is 13.3. The Kier molecular flexibility index (Phi) is 6.58. The number of carboxylic acids is 1. The zero-order valence-electron chi connectivity index (χ0n) is 13.6. The molecule has 2 rings (SSSR count). The molecule has 2 aromatic rings. The Morgan fingerprint density at radius 1 is 1.03 bits per heavy atom. The van der Waals surface area contributed by atoms with Crippen molar-refractivity contribution in [1.82, 2.24) is 0 Å². The molecule has 2 aromatic carbocycles. The lowest BCUT2D eigenvalue weighted by atomic mass is 10.1. The van der Waals surface area contributed by atoms with E-state index >= 15 is 0 Å². The molecule has 0 heterocycles. The van der Waals surface area contributed by atoms with Crippen LogP contribution in [0.3, 0.4) is 0 Å². The number of rotatable bonds is 5. The Balaban J connectivity index is 2.50. The largest absolute Gasteiger partial charge is 0.534 e. The van der Waals surface area contributed by atoms with Gasteiger partial charge in [0, 0.05) is 0 Å². The third-order valence-electron chi connectivity index (χ3n) is 3.25. The van der Waals surface area contributed by atoms with Crippen LogP contribution in [-0.4, -0.2) is 30.9 Å². The summed E-state index contributed by atoms with van der Waals surface area (Å²) in [4.78, 5) is 24.0. The number of halogens is 6. The molecular weight excluding hydrogens is 486 g/mol. The van der Waals surface area contributed by atoms with Crippen LogP contribution in [0.2, 0.25) is 15.1 Å². The number of amides is 1. The van der Waals surface area contributed by atoms with Crippen molar-refractivity contribution < 1.29 is 40.5 Å². The Labute approximate surface area is 176 Å². The molecule has 0 unspecified atom stereocenters. The van der Waals surface area contributed by atoms with Crippen LogP contribution in [0.5, 0.6) is 5.75 Å². The van der Waals surface area contributed by atoms with Crippen LogP contribution >= 0.6 is 34.8 Å². The molecule has 0 saturated heterocycles. The Morgan fingerprint density at radius 2 is 1.66 bits per heavy atom. The van der Waals surface area contributed by atoms with E-state index in [2.05, 4.69) is 9.50 Å². The van der Waals surface area contributed by atoms with Crippen LogP contribution in [0.25, 0.3) is 0 Å². The minimum Gasteiger partial charge on any atom is -0.478 e. The van der Waals surface area contributed by atoms with Gasteiger partial charge in [0.15, 0.2) is 5.75 Å². The first kappa shape index (κ1) is 23.1. The highest BCUT2D eigenvalue weighted by atomic mass is 35.5. The Bertz CT molecular complexity index is 1110. The van der Waals surface area contributed by atoms with Gasteiger partial charge in [-0.2, -0.15) is 21.6 Å². The number of carbonyl (C=O) groups is 2. The molecule has 0 fully saturated rings. The lowest BCUT2D eigenvalue weighted by molar-refractivity contribution is -0.0500. The lowest BCUT2D eigenvalue weighted by Crippen LogP contribution is -2.29. The zero-order valence-corrected chi connectivity index (χ0v) is 16.6. The van der Waals surface area contributed by atoms with E-state index in [0.29, 0.717) is 6.07 Å². The molecule has 29 heavy (non-hydrogen) atoms. The van der Waals surface area contributed by atoms with Gasteiger partial charge in [0.25, 0.3) is 5.91 Å². The van der Waals surface area contributed by atoms with Gasteiger partial charge in [-0.1, -0.05) is 40.9 Å². The molecule has 0 spiro atoms. The molecule has 0 aromatic heterocycles. The van der Waals surface area contributed by atoms with Gasteiger partial charge in [-0.3, -0.25) is 4.79 Å². The minimum absolute atomic E-state index is 0.0636. The van der Waals surface area contributed by atoms with E-state index in [1.807, 2.05) is 0 Å². The maximum Gasteiger partial charge on any atom is 0.534 e. The average Bonchev–Trinajstić information content (AvgIpc) is 2.60. The van der Waals surface area contributed by atoms with Gasteiger partial charge in [0.05, 0.1) is 26.3 Å². The summed E-state index contributed by atoms with van der Waals surface area (Å²) in [7, 11) is -6.17. The number of benzene rings is 2. The van der Waals surface area contributed by atoms with Crippen molar-refractivity contribution >= 4 is 62.5 Å². The number of nitrogens with one attached hydrogen (secondary N) is 1. The molecule has 0 aliphatic carbocycles. The second-order valence-corrected chi connectivity index (χ2v) is 7.85. The Hall–Kier alpha value is -2.21. The molecule has 0 aliphatic heterocycles. The lowest BCUT2D eigenvalue weighted by Gasteiger charge is -2.14. The molecule has 7 nitrogen and oxygen atoms in total. The molecule has 0 aliphatic rings. The van der Waals surface area contributed by atoms with Crippen molar-refractivity contribution in [2.75, 3.05) is 5.32 Å². The second kappa shape index (κ2) is 8.27. The molecule has 14 heteroatoms. The van der Waals surface area contributed by atoms with Crippen LogP contribution in [-0.2, 0) is 10.1 Å². The summed E-state index contributed by atoms with van der Waals surface area (Å²) in [5, 5.41) is 11.3. The molecule has 0 radical (unpaired) electrons. The van der Waals surface area contributed by atoms with Gasteiger partial charge in [-0.15, -0.1) is 0 Å². The highest BCUT2D eigenvalue weighted by Crippen LogP contribution is 2.36. The van der Waals surface area contributed by atoms with Gasteiger partial charge < -0.3 is 14.6 Å². The zero-order chi connectivity index (χ0) is 22.1. The third-order valence-corrected chi connectivity index (χ3v) is 5.51. The number of alkyl halides is 3. The second-order valence-electron chi connectivity index (χ2n) is 5.14. The van der Waals surface area contributed by atoms with E-state index in [0.717, 1.165) is 12.1 Å². The quantitative estimate of drug-likeness (QED) is 0.352. The van der Waals surface area contributed by atoms with Crippen LogP contribution in [0, 0.1) is 0 Å². The van der Waals surface area contributed by atoms with Crippen molar-refractivity contribution in [3.63, 3.8) is 0 Å². The van der Waals surface area contributed by atoms with Crippen LogP contribution < -0.4 is 9.50 Å². The predicted octanol–water partition coefficient (Wildman–Crippen LogP) is 4.83. The van der Waals surface area contributed by atoms with E-state index in [-0.39, 0.29) is 20.8 Å². The highest BCUT2D eigenvalue weighted by molar-refractivity contribution is 7.88. The number of aromatic carboxylic acids is 1. The van der Waals surface area contributed by atoms with Crippen LogP contribution in [0.15, 0.2) is 30.3 Å². The number of carbonyl (C=O) groups excluding carboxylic acids is 1. The first-order valence-corrected chi connectivity index (χ1v) is 9.62. The monoisotopic (exact) mass is 491 g/mol. The maximum atomic E-state index is 12.5. The molecule has 156 valence electrons. The van der Waals surface area contributed by atoms with Crippen molar-refractivity contribution in [3.8, 4) is 5.75 Å². The third kappa shape index (κ3) is 4.86. The molecular formula is C15H7Cl3F3NO6S. The fraction of sp³-hybridized carbons (Fsp3) is 0.0667. The summed E-state index contributed by atoms with van der Waals surface area (Å²) in [6, 6.07) is 5.02. The van der Waals surface area contributed by atoms with E-state index in [4.69, 9.17) is 34.8 Å². The topological polar surface area (TPSA) is 110 Å². The summed E-state index contributed by atoms with van der Waals surface area (Å²) in [6.07, 6.45) is 0. The smallest absolute Gasteiger partial charge is 0.478 e. The molecule has 1 amide bonds. The fourth-order valence-corrected chi connectivity index (χ4v) is 3.04. The van der Waals surface area contributed by atoms with Gasteiger partial charge in [-0.25, -0.2) is 4.79 Å². The van der Waals surface area contributed by atoms with Crippen molar-refractivity contribution in [3.05, 3.63) is 56.5 Å². The van der Waals surface area contributed by atoms with Crippen molar-refractivity contribution in [1.29, 1.82) is 0 Å². The number of carboxylic acid groups (broad SMARTS) is 1. The van der Waals surface area contributed by atoms with Crippen molar-refractivity contribution in [2.45, 2.75) is 5.51 Å². The standard InChI is InChI=1S/C15H7Cl3F3NO6S/c16-7-4-5-8(12(18)11(7)17)22-13(23)6-2-1-3-9(10(6)14(24)25)28-29(26,27)15(19,20)21/h1-5H,(H,22,23)(H,24,25). The molecule has 0 bridgehead atoms. The van der Waals surface area contributed by atoms with E-state index in [1.165, 1.54) is 12.1 Å². The predicted molar refractivity (Wildman–Crippen MR) is 98.4 cm³/mol. The van der Waals surface area contributed by atoms with E-state index in [9.17, 15) is 36.3 Å². The minimum atomic E-state index is -6.17. The summed E-state index contributed by atoms with van der Waals surface area (Å²) in [5.41, 5.74) is -7.71. The summed E-state index contributed by atoms with van der Waals surface area (Å²) in [6.45, 7) is 0. The van der Waals surface area contributed by atoms with E-state index in [1.54, 1.807) is 0 Å². The van der Waals surface area contributed by atoms with Gasteiger partial charge in [0.1, 0.15) is 5.56 Å².